The lowest BCUT2D eigenvalue weighted by molar-refractivity contribution is -0.226. The van der Waals surface area contributed by atoms with Gasteiger partial charge in [-0.15, -0.1) is 0 Å². The fraction of sp³-hybridized carbons (Fsp3) is 0.875. The number of hydrogen-bond acceptors (Lipinski definition) is 4. The molecule has 5 rings (SSSR count). The van der Waals surface area contributed by atoms with E-state index >= 15 is 0 Å². The van der Waals surface area contributed by atoms with Gasteiger partial charge in [-0.2, -0.15) is 13.2 Å². The van der Waals surface area contributed by atoms with Crippen LogP contribution in [0.5, 0.6) is 0 Å². The van der Waals surface area contributed by atoms with E-state index in [-0.39, 0.29) is 30.6 Å². The van der Waals surface area contributed by atoms with Crippen molar-refractivity contribution in [3.05, 3.63) is 0 Å². The van der Waals surface area contributed by atoms with Crippen molar-refractivity contribution in [2.24, 2.45) is 11.3 Å². The molecule has 1 saturated carbocycles. The summed E-state index contributed by atoms with van der Waals surface area (Å²) in [5.41, 5.74) is -0.305. The van der Waals surface area contributed by atoms with Crippen LogP contribution >= 0.6 is 0 Å². The van der Waals surface area contributed by atoms with Gasteiger partial charge in [0.05, 0.1) is 19.0 Å². The van der Waals surface area contributed by atoms with Gasteiger partial charge in [-0.3, -0.25) is 4.90 Å². The van der Waals surface area contributed by atoms with E-state index in [9.17, 15) is 22.8 Å². The molecule has 0 radical (unpaired) electrons. The number of rotatable bonds is 1. The van der Waals surface area contributed by atoms with E-state index in [1.807, 2.05) is 4.90 Å². The van der Waals surface area contributed by atoms with Crippen LogP contribution < -0.4 is 5.32 Å². The van der Waals surface area contributed by atoms with Crippen molar-refractivity contribution in [1.82, 2.24) is 20.0 Å². The van der Waals surface area contributed by atoms with Crippen molar-refractivity contribution in [3.63, 3.8) is 0 Å². The standard InChI is InChI=1S/C16H21F3N4O3/c17-16(18,19)10-3-21(4-10)11-1-14(2-11)5-22(6-14)13(25)23-7-15(8-23)9-26-12(24)20-15/h10-11H,1-9H2,(H,20,24). The first-order chi connectivity index (χ1) is 12.2. The van der Waals surface area contributed by atoms with Crippen LogP contribution in [0.3, 0.4) is 0 Å². The largest absolute Gasteiger partial charge is 0.447 e. The second kappa shape index (κ2) is 4.96. The molecule has 1 aliphatic carbocycles. The maximum absolute atomic E-state index is 12.6. The predicted molar refractivity (Wildman–Crippen MR) is 82.3 cm³/mol. The van der Waals surface area contributed by atoms with Gasteiger partial charge in [-0.25, -0.2) is 9.59 Å². The van der Waals surface area contributed by atoms with Gasteiger partial charge in [0.1, 0.15) is 12.1 Å². The summed E-state index contributed by atoms with van der Waals surface area (Å²) in [7, 11) is 0. The number of hydrogen-bond donors (Lipinski definition) is 1. The van der Waals surface area contributed by atoms with Crippen LogP contribution in [-0.2, 0) is 4.74 Å². The summed E-state index contributed by atoms with van der Waals surface area (Å²) in [5.74, 6) is -1.17. The van der Waals surface area contributed by atoms with E-state index < -0.39 is 23.7 Å². The summed E-state index contributed by atoms with van der Waals surface area (Å²) in [6.07, 6.45) is -2.74. The van der Waals surface area contributed by atoms with E-state index in [2.05, 4.69) is 5.32 Å². The van der Waals surface area contributed by atoms with Gasteiger partial charge in [0.25, 0.3) is 0 Å². The van der Waals surface area contributed by atoms with Crippen LogP contribution in [0.15, 0.2) is 0 Å². The van der Waals surface area contributed by atoms with Gasteiger partial charge in [-0.05, 0) is 12.8 Å². The van der Waals surface area contributed by atoms with Gasteiger partial charge in [0.2, 0.25) is 0 Å². The summed E-state index contributed by atoms with van der Waals surface area (Å²) in [6, 6.07) is 0.218. The first-order valence-electron chi connectivity index (χ1n) is 8.97. The number of nitrogens with one attached hydrogen (secondary N) is 1. The quantitative estimate of drug-likeness (QED) is 0.740. The Hall–Kier alpha value is -1.71. The third-order valence-electron chi connectivity index (χ3n) is 6.65. The lowest BCUT2D eigenvalue weighted by atomic mass is 9.59. The van der Waals surface area contributed by atoms with E-state index in [0.29, 0.717) is 32.8 Å². The molecule has 4 aliphatic heterocycles. The zero-order valence-electron chi connectivity index (χ0n) is 14.2. The Morgan fingerprint density at radius 2 is 1.73 bits per heavy atom. The van der Waals surface area contributed by atoms with Crippen LogP contribution in [0.4, 0.5) is 22.8 Å². The van der Waals surface area contributed by atoms with E-state index in [4.69, 9.17) is 4.74 Å². The number of carbonyl (C=O) groups is 2. The number of likely N-dealkylation sites (tertiary alicyclic amines) is 3. The number of halogens is 3. The average molecular weight is 374 g/mol. The highest BCUT2D eigenvalue weighted by Gasteiger charge is 2.60. The van der Waals surface area contributed by atoms with Crippen LogP contribution in [0.1, 0.15) is 12.8 Å². The van der Waals surface area contributed by atoms with Gasteiger partial charge < -0.3 is 19.9 Å². The number of alkyl carbamates (subject to hydrolysis) is 1. The third kappa shape index (κ3) is 2.37. The monoisotopic (exact) mass is 374 g/mol. The highest BCUT2D eigenvalue weighted by molar-refractivity contribution is 5.78. The minimum Gasteiger partial charge on any atom is -0.447 e. The van der Waals surface area contributed by atoms with Crippen molar-refractivity contribution in [1.29, 1.82) is 0 Å². The number of alkyl halides is 3. The number of amides is 3. The van der Waals surface area contributed by atoms with E-state index in [0.717, 1.165) is 12.8 Å². The van der Waals surface area contributed by atoms with Gasteiger partial charge in [0, 0.05) is 37.6 Å². The molecule has 10 heteroatoms. The highest BCUT2D eigenvalue weighted by atomic mass is 19.4. The number of ether oxygens (including phenoxy) is 1. The number of urea groups is 1. The molecule has 0 aromatic carbocycles. The normalized spacial score (nSPS) is 30.3. The molecule has 5 aliphatic rings. The molecule has 3 amide bonds. The molecule has 4 saturated heterocycles. The zero-order valence-corrected chi connectivity index (χ0v) is 14.2. The summed E-state index contributed by atoms with van der Waals surface area (Å²) in [4.78, 5) is 29.0. The molecular weight excluding hydrogens is 353 g/mol. The van der Waals surface area contributed by atoms with Gasteiger partial charge >= 0.3 is 18.3 Å². The topological polar surface area (TPSA) is 65.1 Å². The summed E-state index contributed by atoms with van der Waals surface area (Å²) in [5, 5.41) is 2.75. The second-order valence-corrected chi connectivity index (χ2v) is 8.73. The molecule has 0 bridgehead atoms. The van der Waals surface area contributed by atoms with Gasteiger partial charge in [0.15, 0.2) is 0 Å². The molecule has 0 aromatic heterocycles. The Morgan fingerprint density at radius 1 is 1.12 bits per heavy atom. The summed E-state index contributed by atoms with van der Waals surface area (Å²) >= 11 is 0. The number of carbonyl (C=O) groups excluding carboxylic acids is 2. The molecule has 144 valence electrons. The Labute approximate surface area is 148 Å². The molecular formula is C16H21F3N4O3. The van der Waals surface area contributed by atoms with Gasteiger partial charge in [-0.1, -0.05) is 0 Å². The zero-order chi connectivity index (χ0) is 18.3. The molecule has 26 heavy (non-hydrogen) atoms. The Balaban J connectivity index is 1.05. The van der Waals surface area contributed by atoms with E-state index in [1.54, 1.807) is 9.80 Å². The van der Waals surface area contributed by atoms with Crippen LogP contribution in [0, 0.1) is 11.3 Å². The summed E-state index contributed by atoms with van der Waals surface area (Å²) < 4.78 is 42.6. The average Bonchev–Trinajstić information content (AvgIpc) is 2.75. The Bertz CT molecular complexity index is 644. The lowest BCUT2D eigenvalue weighted by Crippen LogP contribution is -2.75. The number of cyclic esters (lactones) is 1. The Kier molecular flexibility index (Phi) is 3.14. The summed E-state index contributed by atoms with van der Waals surface area (Å²) in [6.45, 7) is 2.85. The molecule has 7 nitrogen and oxygen atoms in total. The maximum atomic E-state index is 12.6. The first-order valence-corrected chi connectivity index (χ1v) is 8.97. The maximum Gasteiger partial charge on any atom is 0.407 e. The van der Waals surface area contributed by atoms with Crippen molar-refractivity contribution in [2.45, 2.75) is 30.6 Å². The van der Waals surface area contributed by atoms with Crippen LogP contribution in [0.25, 0.3) is 0 Å². The van der Waals surface area contributed by atoms with Crippen molar-refractivity contribution < 1.29 is 27.5 Å². The minimum absolute atomic E-state index is 0.0214. The SMILES string of the molecule is O=C1NC2(CO1)CN(C(=O)N1CC3(CC(N4CC(C(F)(F)F)C4)C3)C1)C2. The molecule has 2 spiro atoms. The smallest absolute Gasteiger partial charge is 0.407 e. The van der Waals surface area contributed by atoms with Crippen molar-refractivity contribution in [3.8, 4) is 0 Å². The molecule has 0 aromatic rings. The Morgan fingerprint density at radius 3 is 2.27 bits per heavy atom. The van der Waals surface area contributed by atoms with Crippen LogP contribution in [0.2, 0.25) is 0 Å². The molecule has 0 unspecified atom stereocenters. The van der Waals surface area contributed by atoms with Crippen molar-refractivity contribution in [2.75, 3.05) is 45.9 Å². The molecule has 0 atom stereocenters. The predicted octanol–water partition coefficient (Wildman–Crippen LogP) is 0.859. The second-order valence-electron chi connectivity index (χ2n) is 8.73. The molecule has 4 heterocycles. The minimum atomic E-state index is -4.07. The fourth-order valence-corrected chi connectivity index (χ4v) is 5.06. The van der Waals surface area contributed by atoms with E-state index in [1.165, 1.54) is 0 Å². The highest BCUT2D eigenvalue weighted by Crippen LogP contribution is 2.52. The van der Waals surface area contributed by atoms with Crippen LogP contribution in [-0.4, -0.2) is 90.5 Å². The first kappa shape index (κ1) is 16.5. The molecule has 1 N–H and O–H groups in total. The molecule has 5 fully saturated rings. The van der Waals surface area contributed by atoms with Crippen molar-refractivity contribution >= 4 is 12.1 Å². The lowest BCUT2D eigenvalue weighted by Gasteiger charge is -2.63. The number of nitrogens with zero attached hydrogens (tertiary/aromatic N) is 3. The third-order valence-corrected chi connectivity index (χ3v) is 6.65. The fourth-order valence-electron chi connectivity index (χ4n) is 5.06.